The van der Waals surface area contributed by atoms with Crippen molar-refractivity contribution in [2.45, 2.75) is 20.3 Å². The third-order valence-electron chi connectivity index (χ3n) is 4.31. The van der Waals surface area contributed by atoms with Gasteiger partial charge in [0, 0.05) is 24.0 Å². The molecule has 1 aliphatic rings. The average Bonchev–Trinajstić information content (AvgIpc) is 3.01. The van der Waals surface area contributed by atoms with Crippen LogP contribution in [0.3, 0.4) is 0 Å². The summed E-state index contributed by atoms with van der Waals surface area (Å²) in [5, 5.41) is 10.2. The molecule has 1 fully saturated rings. The number of carboxylic acids is 1. The highest BCUT2D eigenvalue weighted by Crippen LogP contribution is 2.33. The second-order valence-corrected chi connectivity index (χ2v) is 5.89. The van der Waals surface area contributed by atoms with Crippen molar-refractivity contribution in [2.24, 2.45) is 5.41 Å². The number of likely N-dealkylation sites (tertiary alicyclic amines) is 1. The maximum atomic E-state index is 12.6. The van der Waals surface area contributed by atoms with Crippen LogP contribution in [0.2, 0.25) is 0 Å². The van der Waals surface area contributed by atoms with E-state index in [0.29, 0.717) is 24.3 Å². The molecule has 1 aromatic heterocycles. The van der Waals surface area contributed by atoms with E-state index >= 15 is 0 Å². The highest BCUT2D eigenvalue weighted by molar-refractivity contribution is 5.99. The molecule has 0 aliphatic carbocycles. The van der Waals surface area contributed by atoms with E-state index in [4.69, 9.17) is 4.42 Å². The van der Waals surface area contributed by atoms with Gasteiger partial charge in [-0.2, -0.15) is 0 Å². The number of aliphatic carboxylic acids is 1. The number of hydrogen-bond donors (Lipinski definition) is 1. The SMILES string of the molecule is Cc1c(C(=O)N2CC[C@](C)(C(=O)O)C2)oc2ccccc12. The summed E-state index contributed by atoms with van der Waals surface area (Å²) in [5.74, 6) is -0.779. The summed E-state index contributed by atoms with van der Waals surface area (Å²) < 4.78 is 5.66. The van der Waals surface area contributed by atoms with Crippen molar-refractivity contribution in [3.05, 3.63) is 35.6 Å². The molecular weight excluding hydrogens is 270 g/mol. The number of carbonyl (C=O) groups is 2. The van der Waals surface area contributed by atoms with Crippen LogP contribution in [-0.2, 0) is 4.79 Å². The Morgan fingerprint density at radius 1 is 1.33 bits per heavy atom. The number of para-hydroxylation sites is 1. The molecule has 0 radical (unpaired) electrons. The Hall–Kier alpha value is -2.30. The van der Waals surface area contributed by atoms with E-state index in [1.54, 1.807) is 11.8 Å². The van der Waals surface area contributed by atoms with Crippen LogP contribution in [0, 0.1) is 12.3 Å². The van der Waals surface area contributed by atoms with Gasteiger partial charge in [0.2, 0.25) is 0 Å². The van der Waals surface area contributed by atoms with Gasteiger partial charge < -0.3 is 14.4 Å². The van der Waals surface area contributed by atoms with Crippen molar-refractivity contribution in [3.63, 3.8) is 0 Å². The minimum atomic E-state index is -0.865. The highest BCUT2D eigenvalue weighted by atomic mass is 16.4. The first-order valence-corrected chi connectivity index (χ1v) is 6.93. The molecule has 0 spiro atoms. The number of nitrogens with zero attached hydrogens (tertiary/aromatic N) is 1. The van der Waals surface area contributed by atoms with E-state index < -0.39 is 11.4 Å². The van der Waals surface area contributed by atoms with Gasteiger partial charge in [0.15, 0.2) is 5.76 Å². The average molecular weight is 287 g/mol. The van der Waals surface area contributed by atoms with Gasteiger partial charge in [-0.25, -0.2) is 0 Å². The van der Waals surface area contributed by atoms with Gasteiger partial charge in [0.1, 0.15) is 5.58 Å². The third kappa shape index (κ3) is 2.09. The lowest BCUT2D eigenvalue weighted by molar-refractivity contribution is -0.147. The van der Waals surface area contributed by atoms with Crippen molar-refractivity contribution in [2.75, 3.05) is 13.1 Å². The van der Waals surface area contributed by atoms with E-state index in [1.807, 2.05) is 31.2 Å². The van der Waals surface area contributed by atoms with Gasteiger partial charge in [-0.05, 0) is 26.3 Å². The molecule has 1 amide bonds. The van der Waals surface area contributed by atoms with Gasteiger partial charge in [0.05, 0.1) is 5.41 Å². The molecule has 21 heavy (non-hydrogen) atoms. The molecule has 110 valence electrons. The molecule has 1 atom stereocenters. The number of aryl methyl sites for hydroxylation is 1. The molecule has 5 heteroatoms. The molecule has 2 heterocycles. The Kier molecular flexibility index (Phi) is 3.01. The summed E-state index contributed by atoms with van der Waals surface area (Å²) >= 11 is 0. The maximum absolute atomic E-state index is 12.6. The topological polar surface area (TPSA) is 70.8 Å². The summed E-state index contributed by atoms with van der Waals surface area (Å²) in [6.07, 6.45) is 0.466. The molecule has 0 bridgehead atoms. The summed E-state index contributed by atoms with van der Waals surface area (Å²) in [4.78, 5) is 25.4. The van der Waals surface area contributed by atoms with Crippen LogP contribution in [0.15, 0.2) is 28.7 Å². The first-order chi connectivity index (χ1) is 9.92. The lowest BCUT2D eigenvalue weighted by Gasteiger charge is -2.19. The van der Waals surface area contributed by atoms with Crippen LogP contribution in [0.4, 0.5) is 0 Å². The fourth-order valence-electron chi connectivity index (χ4n) is 2.83. The van der Waals surface area contributed by atoms with Crippen molar-refractivity contribution >= 4 is 22.8 Å². The summed E-state index contributed by atoms with van der Waals surface area (Å²) in [6, 6.07) is 7.49. The molecule has 1 N–H and O–H groups in total. The van der Waals surface area contributed by atoms with Crippen LogP contribution >= 0.6 is 0 Å². The smallest absolute Gasteiger partial charge is 0.311 e. The van der Waals surface area contributed by atoms with E-state index in [2.05, 4.69) is 0 Å². The van der Waals surface area contributed by atoms with Crippen molar-refractivity contribution in [3.8, 4) is 0 Å². The Morgan fingerprint density at radius 2 is 2.05 bits per heavy atom. The predicted octanol–water partition coefficient (Wildman–Crippen LogP) is 2.68. The minimum Gasteiger partial charge on any atom is -0.481 e. The first kappa shape index (κ1) is 13.7. The van der Waals surface area contributed by atoms with Crippen LogP contribution in [0.5, 0.6) is 0 Å². The number of fused-ring (bicyclic) bond motifs is 1. The van der Waals surface area contributed by atoms with Crippen molar-refractivity contribution in [1.29, 1.82) is 0 Å². The number of carboxylic acid groups (broad SMARTS) is 1. The standard InChI is InChI=1S/C16H17NO4/c1-10-11-5-3-4-6-12(11)21-13(10)14(18)17-8-7-16(2,9-17)15(19)20/h3-6H,7-9H2,1-2H3,(H,19,20)/t16-/m0/s1. The fourth-order valence-corrected chi connectivity index (χ4v) is 2.83. The second-order valence-electron chi connectivity index (χ2n) is 5.89. The highest BCUT2D eigenvalue weighted by Gasteiger charge is 2.43. The Bertz CT molecular complexity index is 733. The van der Waals surface area contributed by atoms with E-state index in [0.717, 1.165) is 10.9 Å². The number of hydrogen-bond acceptors (Lipinski definition) is 3. The summed E-state index contributed by atoms with van der Waals surface area (Å²) in [5.41, 5.74) is 0.619. The molecule has 1 aromatic carbocycles. The number of carbonyl (C=O) groups excluding carboxylic acids is 1. The lowest BCUT2D eigenvalue weighted by atomic mass is 9.90. The fraction of sp³-hybridized carbons (Fsp3) is 0.375. The Morgan fingerprint density at radius 3 is 2.67 bits per heavy atom. The number of amides is 1. The molecule has 0 saturated carbocycles. The number of benzene rings is 1. The van der Waals surface area contributed by atoms with E-state index in [1.165, 1.54) is 0 Å². The van der Waals surface area contributed by atoms with Crippen LogP contribution < -0.4 is 0 Å². The summed E-state index contributed by atoms with van der Waals surface area (Å²) in [6.45, 7) is 4.19. The largest absolute Gasteiger partial charge is 0.481 e. The van der Waals surface area contributed by atoms with Crippen molar-refractivity contribution in [1.82, 2.24) is 4.90 Å². The molecule has 1 saturated heterocycles. The van der Waals surface area contributed by atoms with E-state index in [9.17, 15) is 14.7 Å². The molecule has 1 aliphatic heterocycles. The van der Waals surface area contributed by atoms with Gasteiger partial charge >= 0.3 is 5.97 Å². The zero-order valence-electron chi connectivity index (χ0n) is 12.0. The quantitative estimate of drug-likeness (QED) is 0.921. The van der Waals surface area contributed by atoms with Crippen LogP contribution in [0.25, 0.3) is 11.0 Å². The van der Waals surface area contributed by atoms with Gasteiger partial charge in [0.25, 0.3) is 5.91 Å². The van der Waals surface area contributed by atoms with E-state index in [-0.39, 0.29) is 12.5 Å². The molecule has 2 aromatic rings. The van der Waals surface area contributed by atoms with Crippen LogP contribution in [0.1, 0.15) is 29.5 Å². The van der Waals surface area contributed by atoms with Gasteiger partial charge in [-0.15, -0.1) is 0 Å². The van der Waals surface area contributed by atoms with Gasteiger partial charge in [-0.1, -0.05) is 18.2 Å². The predicted molar refractivity (Wildman–Crippen MR) is 77.2 cm³/mol. The zero-order valence-corrected chi connectivity index (χ0v) is 12.0. The Labute approximate surface area is 122 Å². The zero-order chi connectivity index (χ0) is 15.2. The first-order valence-electron chi connectivity index (χ1n) is 6.93. The monoisotopic (exact) mass is 287 g/mol. The molecule has 3 rings (SSSR count). The van der Waals surface area contributed by atoms with Crippen LogP contribution in [-0.4, -0.2) is 35.0 Å². The number of rotatable bonds is 2. The lowest BCUT2D eigenvalue weighted by Crippen LogP contribution is -2.34. The van der Waals surface area contributed by atoms with Crippen molar-refractivity contribution < 1.29 is 19.1 Å². The molecule has 0 unspecified atom stereocenters. The normalized spacial score (nSPS) is 21.9. The molecule has 5 nitrogen and oxygen atoms in total. The maximum Gasteiger partial charge on any atom is 0.311 e. The molecular formula is C16H17NO4. The van der Waals surface area contributed by atoms with Gasteiger partial charge in [-0.3, -0.25) is 9.59 Å². The second kappa shape index (κ2) is 4.62. The summed E-state index contributed by atoms with van der Waals surface area (Å²) in [7, 11) is 0. The minimum absolute atomic E-state index is 0.220. The number of furan rings is 1. The third-order valence-corrected chi connectivity index (χ3v) is 4.31. The Balaban J connectivity index is 1.92.